The Morgan fingerprint density at radius 1 is 1.07 bits per heavy atom. The number of nitrogens with zero attached hydrogens (tertiary/aromatic N) is 5. The first-order chi connectivity index (χ1) is 14.8. The Balaban J connectivity index is 1.55. The first-order valence-electron chi connectivity index (χ1n) is 9.60. The Labute approximate surface area is 180 Å². The van der Waals surface area contributed by atoms with E-state index in [1.807, 2.05) is 6.07 Å². The van der Waals surface area contributed by atoms with Crippen LogP contribution in [0.25, 0.3) is 21.8 Å². The highest BCUT2D eigenvalue weighted by Crippen LogP contribution is 2.40. The lowest BCUT2D eigenvalue weighted by atomic mass is 9.99. The Kier molecular flexibility index (Phi) is 5.43. The summed E-state index contributed by atoms with van der Waals surface area (Å²) < 4.78 is 13.5. The van der Waals surface area contributed by atoms with Gasteiger partial charge in [0.05, 0.1) is 21.3 Å². The van der Waals surface area contributed by atoms with E-state index in [4.69, 9.17) is 4.98 Å². The summed E-state index contributed by atoms with van der Waals surface area (Å²) in [6.07, 6.45) is 3.83. The summed E-state index contributed by atoms with van der Waals surface area (Å²) in [4.78, 5) is 14.9. The fourth-order valence-corrected chi connectivity index (χ4v) is 5.09. The highest BCUT2D eigenvalue weighted by Gasteiger charge is 2.23. The Morgan fingerprint density at radius 2 is 1.90 bits per heavy atom. The smallest absolute Gasteiger partial charge is 0.229 e. The van der Waals surface area contributed by atoms with Crippen LogP contribution in [0.3, 0.4) is 0 Å². The number of aromatic nitrogens is 5. The zero-order valence-electron chi connectivity index (χ0n) is 15.9. The number of nitrogens with one attached hydrogen (secondary N) is 2. The molecule has 4 heterocycles. The molecule has 2 N–H and O–H groups in total. The van der Waals surface area contributed by atoms with Gasteiger partial charge in [0.2, 0.25) is 11.1 Å². The predicted molar refractivity (Wildman–Crippen MR) is 117 cm³/mol. The number of anilines is 2. The molecular formula is C20H18FN7S2. The van der Waals surface area contributed by atoms with Crippen molar-refractivity contribution in [3.8, 4) is 21.8 Å². The molecule has 0 unspecified atom stereocenters. The molecule has 3 aromatic heterocycles. The van der Waals surface area contributed by atoms with Gasteiger partial charge in [-0.3, -0.25) is 5.32 Å². The number of benzene rings is 1. The van der Waals surface area contributed by atoms with Gasteiger partial charge in [0.25, 0.3) is 0 Å². The number of hydrogen-bond acceptors (Lipinski definition) is 9. The second kappa shape index (κ2) is 8.50. The molecule has 1 aliphatic rings. The summed E-state index contributed by atoms with van der Waals surface area (Å²) in [6, 6.07) is 8.33. The van der Waals surface area contributed by atoms with Crippen molar-refractivity contribution in [3.05, 3.63) is 52.9 Å². The van der Waals surface area contributed by atoms with Crippen molar-refractivity contribution in [2.75, 3.05) is 18.4 Å². The topological polar surface area (TPSA) is 88.5 Å². The van der Waals surface area contributed by atoms with Gasteiger partial charge in [-0.25, -0.2) is 19.3 Å². The van der Waals surface area contributed by atoms with E-state index in [1.165, 1.54) is 23.5 Å². The molecule has 0 radical (unpaired) electrons. The molecule has 1 saturated heterocycles. The van der Waals surface area contributed by atoms with Crippen molar-refractivity contribution < 1.29 is 4.39 Å². The Bertz CT molecular complexity index is 1120. The maximum Gasteiger partial charge on any atom is 0.229 e. The molecule has 0 saturated carbocycles. The minimum atomic E-state index is -0.264. The highest BCUT2D eigenvalue weighted by molar-refractivity contribution is 7.15. The van der Waals surface area contributed by atoms with Crippen LogP contribution in [0.4, 0.5) is 15.5 Å². The zero-order valence-corrected chi connectivity index (χ0v) is 17.5. The molecule has 10 heteroatoms. The van der Waals surface area contributed by atoms with Crippen LogP contribution in [0.15, 0.2) is 42.0 Å². The molecule has 0 bridgehead atoms. The van der Waals surface area contributed by atoms with Crippen LogP contribution >= 0.6 is 22.7 Å². The van der Waals surface area contributed by atoms with Crippen LogP contribution in [0, 0.1) is 5.82 Å². The van der Waals surface area contributed by atoms with Gasteiger partial charge in [-0.15, -0.1) is 21.5 Å². The molecule has 152 valence electrons. The fraction of sp³-hybridized carbons (Fsp3) is 0.250. The molecule has 30 heavy (non-hydrogen) atoms. The first-order valence-corrected chi connectivity index (χ1v) is 11.3. The van der Waals surface area contributed by atoms with Crippen LogP contribution < -0.4 is 10.6 Å². The van der Waals surface area contributed by atoms with Gasteiger partial charge >= 0.3 is 0 Å². The van der Waals surface area contributed by atoms with Gasteiger partial charge < -0.3 is 5.32 Å². The lowest BCUT2D eigenvalue weighted by Gasteiger charge is -2.20. The number of thiazole rings is 1. The van der Waals surface area contributed by atoms with Gasteiger partial charge in [0.1, 0.15) is 11.3 Å². The molecule has 0 amide bonds. The average molecular weight is 440 g/mol. The van der Waals surface area contributed by atoms with Crippen molar-refractivity contribution in [2.24, 2.45) is 0 Å². The van der Waals surface area contributed by atoms with Crippen molar-refractivity contribution in [1.29, 1.82) is 0 Å². The quantitative estimate of drug-likeness (QED) is 0.474. The minimum Gasteiger partial charge on any atom is -0.317 e. The third kappa shape index (κ3) is 4.07. The maximum atomic E-state index is 13.5. The predicted octanol–water partition coefficient (Wildman–Crippen LogP) is 4.47. The molecule has 1 fully saturated rings. The summed E-state index contributed by atoms with van der Waals surface area (Å²) in [5.74, 6) is 0.607. The summed E-state index contributed by atoms with van der Waals surface area (Å²) in [7, 11) is 0. The summed E-state index contributed by atoms with van der Waals surface area (Å²) in [5.41, 5.74) is 4.12. The minimum absolute atomic E-state index is 0.264. The van der Waals surface area contributed by atoms with Gasteiger partial charge in [0.15, 0.2) is 0 Å². The van der Waals surface area contributed by atoms with Gasteiger partial charge in [-0.2, -0.15) is 0 Å². The maximum absolute atomic E-state index is 13.5. The molecule has 7 nitrogen and oxygen atoms in total. The monoisotopic (exact) mass is 439 g/mol. The highest BCUT2D eigenvalue weighted by atomic mass is 32.1. The molecule has 1 aliphatic heterocycles. The largest absolute Gasteiger partial charge is 0.317 e. The molecule has 0 spiro atoms. The number of piperidine rings is 1. The van der Waals surface area contributed by atoms with E-state index in [-0.39, 0.29) is 5.82 Å². The van der Waals surface area contributed by atoms with Crippen LogP contribution in [0.5, 0.6) is 0 Å². The van der Waals surface area contributed by atoms with Crippen molar-refractivity contribution in [3.63, 3.8) is 0 Å². The lowest BCUT2D eigenvalue weighted by Crippen LogP contribution is -2.26. The normalized spacial score (nSPS) is 14.7. The third-order valence-electron chi connectivity index (χ3n) is 4.92. The lowest BCUT2D eigenvalue weighted by molar-refractivity contribution is 0.459. The average Bonchev–Trinajstić information content (AvgIpc) is 3.45. The number of rotatable bonds is 5. The van der Waals surface area contributed by atoms with E-state index in [9.17, 15) is 4.39 Å². The van der Waals surface area contributed by atoms with Crippen LogP contribution in [0.1, 0.15) is 23.8 Å². The van der Waals surface area contributed by atoms with Crippen LogP contribution in [0.2, 0.25) is 0 Å². The van der Waals surface area contributed by atoms with Gasteiger partial charge in [-0.05, 0) is 56.3 Å². The van der Waals surface area contributed by atoms with Crippen LogP contribution in [-0.2, 0) is 0 Å². The van der Waals surface area contributed by atoms with Gasteiger partial charge in [0, 0.05) is 17.7 Å². The summed E-state index contributed by atoms with van der Waals surface area (Å²) >= 11 is 3.04. The number of halogens is 1. The molecular weight excluding hydrogens is 421 g/mol. The molecule has 5 rings (SSSR count). The summed E-state index contributed by atoms with van der Waals surface area (Å²) in [5, 5.41) is 16.0. The standard InChI is InChI=1S/C20H18FN7S2/c21-14-3-1-12(2-4-14)16-17(30-18(26-16)13-5-8-22-9-6-13)15-7-10-23-19(25-15)27-20-28-24-11-29-20/h1-4,7,10-11,13,22H,5-6,8-9H2,(H,23,25,27,28). The molecule has 0 atom stereocenters. The zero-order chi connectivity index (χ0) is 20.3. The first kappa shape index (κ1) is 19.2. The van der Waals surface area contributed by atoms with E-state index in [0.717, 1.165) is 52.8 Å². The molecule has 0 aliphatic carbocycles. The van der Waals surface area contributed by atoms with Gasteiger partial charge in [-0.1, -0.05) is 11.3 Å². The van der Waals surface area contributed by atoms with Crippen molar-refractivity contribution >= 4 is 33.8 Å². The van der Waals surface area contributed by atoms with E-state index in [0.29, 0.717) is 17.0 Å². The van der Waals surface area contributed by atoms with E-state index in [1.54, 1.807) is 35.2 Å². The van der Waals surface area contributed by atoms with Crippen molar-refractivity contribution in [2.45, 2.75) is 18.8 Å². The fourth-order valence-electron chi connectivity index (χ4n) is 3.43. The summed E-state index contributed by atoms with van der Waals surface area (Å²) in [6.45, 7) is 1.99. The Hall–Kier alpha value is -2.82. The molecule has 4 aromatic rings. The Morgan fingerprint density at radius 3 is 2.67 bits per heavy atom. The number of hydrogen-bond donors (Lipinski definition) is 2. The van der Waals surface area contributed by atoms with Crippen LogP contribution in [-0.4, -0.2) is 38.2 Å². The SMILES string of the molecule is Fc1ccc(-c2nc(C3CCNCC3)sc2-c2ccnc(Nc3nncs3)n2)cc1. The van der Waals surface area contributed by atoms with E-state index in [2.05, 4.69) is 30.8 Å². The second-order valence-electron chi connectivity index (χ2n) is 6.90. The van der Waals surface area contributed by atoms with E-state index >= 15 is 0 Å². The second-order valence-corrected chi connectivity index (χ2v) is 8.76. The van der Waals surface area contributed by atoms with E-state index < -0.39 is 0 Å². The molecule has 1 aromatic carbocycles. The van der Waals surface area contributed by atoms with Crippen molar-refractivity contribution in [1.82, 2.24) is 30.5 Å². The third-order valence-corrected chi connectivity index (χ3v) is 6.76.